The van der Waals surface area contributed by atoms with Gasteiger partial charge in [-0.15, -0.1) is 3.71 Å². The van der Waals surface area contributed by atoms with Gasteiger partial charge in [-0.3, -0.25) is 4.98 Å². The SMILES string of the molecule is C=C(F)/C(=C\C=C(/CC)N(SC(=O)OCCCCc1ccccc1)[S+]([O-])CCCc1ccccc1)Oc1ccnc2c(C)c(OC)c(OC)cc12. The molecule has 0 radical (unpaired) electrons. The summed E-state index contributed by atoms with van der Waals surface area (Å²) in [5.74, 6) is 0.662. The zero-order valence-electron chi connectivity index (χ0n) is 29.6. The topological polar surface area (TPSA) is 93.2 Å². The van der Waals surface area contributed by atoms with Crippen LogP contribution in [0.25, 0.3) is 10.9 Å². The molecule has 1 aromatic heterocycles. The Morgan fingerprint density at radius 3 is 2.24 bits per heavy atom. The molecule has 4 rings (SSSR count). The van der Waals surface area contributed by atoms with E-state index in [0.29, 0.717) is 58.9 Å². The lowest BCUT2D eigenvalue weighted by Gasteiger charge is -2.25. The highest BCUT2D eigenvalue weighted by molar-refractivity contribution is 8.18. The molecule has 51 heavy (non-hydrogen) atoms. The number of hydrogen-bond acceptors (Lipinski definition) is 9. The first kappa shape index (κ1) is 39.3. The van der Waals surface area contributed by atoms with E-state index in [0.717, 1.165) is 42.3 Å². The number of benzene rings is 3. The first-order valence-corrected chi connectivity index (χ1v) is 18.9. The number of aryl methyl sites for hydroxylation is 3. The van der Waals surface area contributed by atoms with Crippen molar-refractivity contribution < 1.29 is 32.7 Å². The number of allylic oxidation sites excluding steroid dienone is 4. The molecule has 0 spiro atoms. The van der Waals surface area contributed by atoms with E-state index in [1.54, 1.807) is 31.5 Å². The molecule has 1 heterocycles. The highest BCUT2D eigenvalue weighted by Gasteiger charge is 2.27. The van der Waals surface area contributed by atoms with Gasteiger partial charge in [-0.1, -0.05) is 74.2 Å². The average molecular weight is 733 g/mol. The van der Waals surface area contributed by atoms with Gasteiger partial charge in [0, 0.05) is 17.1 Å². The normalized spacial score (nSPS) is 12.4. The Morgan fingerprint density at radius 2 is 1.63 bits per heavy atom. The highest BCUT2D eigenvalue weighted by atomic mass is 32.3. The molecule has 8 nitrogen and oxygen atoms in total. The molecule has 0 fully saturated rings. The molecular weight excluding hydrogens is 688 g/mol. The fourth-order valence-corrected chi connectivity index (χ4v) is 7.66. The van der Waals surface area contributed by atoms with Crippen molar-refractivity contribution in [1.82, 2.24) is 8.69 Å². The lowest BCUT2D eigenvalue weighted by atomic mass is 10.1. The van der Waals surface area contributed by atoms with E-state index in [4.69, 9.17) is 18.9 Å². The van der Waals surface area contributed by atoms with Gasteiger partial charge in [0.15, 0.2) is 23.1 Å². The monoisotopic (exact) mass is 732 g/mol. The molecule has 270 valence electrons. The second kappa shape index (κ2) is 20.4. The van der Waals surface area contributed by atoms with Crippen molar-refractivity contribution in [3.8, 4) is 17.2 Å². The van der Waals surface area contributed by atoms with E-state index >= 15 is 0 Å². The zero-order chi connectivity index (χ0) is 36.6. The number of methoxy groups -OCH3 is 2. The number of nitrogens with zero attached hydrogens (tertiary/aromatic N) is 2. The maximum absolute atomic E-state index is 14.9. The number of fused-ring (bicyclic) bond motifs is 1. The van der Waals surface area contributed by atoms with Crippen molar-refractivity contribution in [2.45, 2.75) is 52.4 Å². The van der Waals surface area contributed by atoms with Gasteiger partial charge in [0.2, 0.25) is 0 Å². The Morgan fingerprint density at radius 1 is 0.961 bits per heavy atom. The number of carbonyl (C=O) groups excluding carboxylic acids is 1. The van der Waals surface area contributed by atoms with Gasteiger partial charge in [0.25, 0.3) is 0 Å². The Bertz CT molecular complexity index is 1800. The molecule has 0 aliphatic rings. The zero-order valence-corrected chi connectivity index (χ0v) is 31.2. The van der Waals surface area contributed by atoms with E-state index in [1.165, 1.54) is 22.5 Å². The number of unbranched alkanes of at least 4 members (excludes halogenated alkanes) is 1. The predicted molar refractivity (Wildman–Crippen MR) is 205 cm³/mol. The van der Waals surface area contributed by atoms with Crippen LogP contribution in [-0.2, 0) is 28.9 Å². The summed E-state index contributed by atoms with van der Waals surface area (Å²) >= 11 is -0.856. The third-order valence-corrected chi connectivity index (χ3v) is 10.6. The number of rotatable bonds is 19. The summed E-state index contributed by atoms with van der Waals surface area (Å²) < 4.78 is 52.8. The molecule has 0 bridgehead atoms. The van der Waals surface area contributed by atoms with E-state index in [9.17, 15) is 13.7 Å². The summed E-state index contributed by atoms with van der Waals surface area (Å²) in [4.78, 5) is 17.5. The minimum atomic E-state index is -1.60. The third-order valence-electron chi connectivity index (χ3n) is 7.97. The summed E-state index contributed by atoms with van der Waals surface area (Å²) in [6.07, 6.45) is 8.78. The van der Waals surface area contributed by atoms with Crippen LogP contribution < -0.4 is 14.2 Å². The molecule has 11 heteroatoms. The second-order valence-electron chi connectivity index (χ2n) is 11.5. The van der Waals surface area contributed by atoms with Crippen LogP contribution in [0.5, 0.6) is 17.2 Å². The van der Waals surface area contributed by atoms with Crippen LogP contribution >= 0.6 is 11.9 Å². The maximum atomic E-state index is 14.9. The lowest BCUT2D eigenvalue weighted by molar-refractivity contribution is 0.172. The molecule has 1 unspecified atom stereocenters. The average Bonchev–Trinajstić information content (AvgIpc) is 3.14. The molecule has 3 aromatic carbocycles. The smallest absolute Gasteiger partial charge is 0.392 e. The van der Waals surface area contributed by atoms with Crippen LogP contribution in [0.2, 0.25) is 0 Å². The third kappa shape index (κ3) is 11.5. The summed E-state index contributed by atoms with van der Waals surface area (Å²) in [6, 6.07) is 23.4. The molecule has 0 aliphatic carbocycles. The number of aromatic nitrogens is 1. The molecule has 0 saturated carbocycles. The van der Waals surface area contributed by atoms with E-state index in [1.807, 2.05) is 62.4 Å². The summed E-state index contributed by atoms with van der Waals surface area (Å²) in [5.41, 5.74) is 4.22. The molecule has 0 N–H and O–H groups in total. The molecule has 0 saturated heterocycles. The van der Waals surface area contributed by atoms with E-state index < -0.39 is 22.5 Å². The number of pyridine rings is 1. The van der Waals surface area contributed by atoms with Gasteiger partial charge in [-0.2, -0.15) is 0 Å². The number of hydrogen-bond donors (Lipinski definition) is 0. The van der Waals surface area contributed by atoms with Crippen LogP contribution in [0.1, 0.15) is 49.3 Å². The molecule has 0 aliphatic heterocycles. The molecule has 0 amide bonds. The fourth-order valence-electron chi connectivity index (χ4n) is 5.34. The molecule has 4 aromatic rings. The van der Waals surface area contributed by atoms with Gasteiger partial charge in [0.1, 0.15) is 23.5 Å². The predicted octanol–water partition coefficient (Wildman–Crippen LogP) is 10.0. The molecular formula is C40H45FN2O6S2. The van der Waals surface area contributed by atoms with Crippen LogP contribution in [0.3, 0.4) is 0 Å². The quantitative estimate of drug-likeness (QED) is 0.0233. The first-order chi connectivity index (χ1) is 24.7. The van der Waals surface area contributed by atoms with E-state index in [-0.39, 0.29) is 12.4 Å². The van der Waals surface area contributed by atoms with Gasteiger partial charge in [-0.05, 0) is 80.9 Å². The number of ether oxygens (including phenoxy) is 4. The maximum Gasteiger partial charge on any atom is 0.392 e. The standard InChI is InChI=1S/C40H45FN2O6S2/c1-6-33(22-23-35(30(3)41)49-36-24-25-42-38-29(2)39(47-5)37(46-4)28-34(36)38)43(51(45)27-15-21-32-18-11-8-12-19-32)50-40(44)48-26-14-13-20-31-16-9-7-10-17-31/h7-12,16-19,22-25,28H,3,6,13-15,20-21,26-27H2,1-2,4-5H3/b33-22+,35-23+. The van der Waals surface area contributed by atoms with Gasteiger partial charge in [-0.25, -0.2) is 9.18 Å². The van der Waals surface area contributed by atoms with Crippen LogP contribution in [0, 0.1) is 6.92 Å². The van der Waals surface area contributed by atoms with E-state index in [2.05, 4.69) is 23.7 Å². The second-order valence-corrected chi connectivity index (χ2v) is 14.0. The van der Waals surface area contributed by atoms with Crippen molar-refractivity contribution in [3.63, 3.8) is 0 Å². The first-order valence-electron chi connectivity index (χ1n) is 16.8. The molecule has 1 atom stereocenters. The Hall–Kier alpha value is -4.45. The number of carbonyl (C=O) groups is 1. The van der Waals surface area contributed by atoms with Crippen LogP contribution in [0.15, 0.2) is 115 Å². The Labute approximate surface area is 307 Å². The van der Waals surface area contributed by atoms with Crippen molar-refractivity contribution >= 4 is 39.5 Å². The van der Waals surface area contributed by atoms with Crippen molar-refractivity contribution in [3.05, 3.63) is 132 Å². The van der Waals surface area contributed by atoms with Crippen LogP contribution in [0.4, 0.5) is 9.18 Å². The Balaban J connectivity index is 1.53. The highest BCUT2D eigenvalue weighted by Crippen LogP contribution is 2.40. The Kier molecular flexibility index (Phi) is 15.7. The van der Waals surface area contributed by atoms with Gasteiger partial charge >= 0.3 is 5.30 Å². The van der Waals surface area contributed by atoms with Crippen molar-refractivity contribution in [2.24, 2.45) is 0 Å². The lowest BCUT2D eigenvalue weighted by Crippen LogP contribution is -2.28. The largest absolute Gasteiger partial charge is 0.592 e. The van der Waals surface area contributed by atoms with Crippen molar-refractivity contribution in [1.29, 1.82) is 0 Å². The van der Waals surface area contributed by atoms with Gasteiger partial charge < -0.3 is 23.5 Å². The summed E-state index contributed by atoms with van der Waals surface area (Å²) in [5, 5.41) is 0.0199. The number of halogens is 1. The summed E-state index contributed by atoms with van der Waals surface area (Å²) in [6.45, 7) is 7.44. The van der Waals surface area contributed by atoms with Crippen molar-refractivity contribution in [2.75, 3.05) is 26.6 Å². The minimum Gasteiger partial charge on any atom is -0.592 e. The minimum absolute atomic E-state index is 0.165. The fraction of sp³-hybridized carbons (Fsp3) is 0.300. The van der Waals surface area contributed by atoms with Gasteiger partial charge in [0.05, 0.1) is 43.4 Å². The summed E-state index contributed by atoms with van der Waals surface area (Å²) in [7, 11) is 3.08. The van der Waals surface area contributed by atoms with Crippen LogP contribution in [-0.4, -0.2) is 45.1 Å².